The van der Waals surface area contributed by atoms with Gasteiger partial charge >= 0.3 is 0 Å². The Labute approximate surface area is 94.4 Å². The Hall–Kier alpha value is -0.970. The molecule has 0 saturated heterocycles. The minimum Gasteiger partial charge on any atom is -0.489 e. The molecule has 0 unspecified atom stereocenters. The monoisotopic (exact) mass is 278 g/mol. The summed E-state index contributed by atoms with van der Waals surface area (Å²) < 4.78 is 31.5. The normalized spacial score (nSPS) is 10.5. The molecule has 0 aliphatic heterocycles. The van der Waals surface area contributed by atoms with Gasteiger partial charge in [0, 0.05) is 0 Å². The minimum atomic E-state index is -1.19. The lowest BCUT2D eigenvalue weighted by molar-refractivity contribution is 0.111. The van der Waals surface area contributed by atoms with Crippen LogP contribution < -0.4 is 4.74 Å². The van der Waals surface area contributed by atoms with Gasteiger partial charge in [0.2, 0.25) is 0 Å². The van der Waals surface area contributed by atoms with Crippen molar-refractivity contribution in [3.63, 3.8) is 0 Å². The summed E-state index contributed by atoms with van der Waals surface area (Å²) >= 11 is 3.01. The van der Waals surface area contributed by atoms with E-state index in [9.17, 15) is 13.6 Å². The Morgan fingerprint density at radius 2 is 2.07 bits per heavy atom. The molecule has 0 atom stereocenters. The molecular formula is C10H9BrF2O2. The number of benzene rings is 1. The highest BCUT2D eigenvalue weighted by atomic mass is 79.9. The van der Waals surface area contributed by atoms with Gasteiger partial charge in [0.1, 0.15) is 5.75 Å². The predicted octanol–water partition coefficient (Wildman–Crippen LogP) is 3.33. The predicted molar refractivity (Wildman–Crippen MR) is 55.2 cm³/mol. The lowest BCUT2D eigenvalue weighted by Crippen LogP contribution is -2.09. The third kappa shape index (κ3) is 2.53. The molecule has 15 heavy (non-hydrogen) atoms. The smallest absolute Gasteiger partial charge is 0.173 e. The van der Waals surface area contributed by atoms with Crippen LogP contribution in [0.3, 0.4) is 0 Å². The fourth-order valence-electron chi connectivity index (χ4n) is 1.06. The molecule has 1 aromatic rings. The Balaban J connectivity index is 3.35. The molecule has 0 spiro atoms. The number of aldehydes is 1. The lowest BCUT2D eigenvalue weighted by atomic mass is 10.2. The van der Waals surface area contributed by atoms with Gasteiger partial charge in [-0.2, -0.15) is 0 Å². The lowest BCUT2D eigenvalue weighted by Gasteiger charge is -2.14. The van der Waals surface area contributed by atoms with E-state index < -0.39 is 17.2 Å². The molecule has 0 radical (unpaired) electrons. The molecule has 0 aliphatic carbocycles. The second kappa shape index (κ2) is 4.70. The summed E-state index contributed by atoms with van der Waals surface area (Å²) in [6, 6.07) is 0.931. The van der Waals surface area contributed by atoms with Gasteiger partial charge in [-0.25, -0.2) is 8.78 Å². The first-order chi connectivity index (χ1) is 6.97. The maximum absolute atomic E-state index is 13.2. The topological polar surface area (TPSA) is 26.3 Å². The number of carbonyl (C=O) groups excluding carboxylic acids is 1. The Morgan fingerprint density at radius 3 is 2.53 bits per heavy atom. The molecular weight excluding hydrogens is 270 g/mol. The number of carbonyl (C=O) groups is 1. The third-order valence-electron chi connectivity index (χ3n) is 1.63. The van der Waals surface area contributed by atoms with Gasteiger partial charge in [0.15, 0.2) is 17.9 Å². The van der Waals surface area contributed by atoms with Crippen LogP contribution in [0.25, 0.3) is 0 Å². The second-order valence-electron chi connectivity index (χ2n) is 3.18. The first kappa shape index (κ1) is 12.1. The van der Waals surface area contributed by atoms with Gasteiger partial charge in [0.05, 0.1) is 16.1 Å². The summed E-state index contributed by atoms with van der Waals surface area (Å²) in [6.07, 6.45) is 0.00538. The van der Waals surface area contributed by atoms with E-state index in [0.29, 0.717) is 0 Å². The number of rotatable bonds is 3. The van der Waals surface area contributed by atoms with Crippen LogP contribution in [0.5, 0.6) is 5.75 Å². The van der Waals surface area contributed by atoms with Gasteiger partial charge in [-0.1, -0.05) is 0 Å². The Morgan fingerprint density at radius 1 is 1.47 bits per heavy atom. The molecule has 1 aromatic carbocycles. The van der Waals surface area contributed by atoms with Crippen molar-refractivity contribution in [3.05, 3.63) is 27.7 Å². The number of halogens is 3. The van der Waals surface area contributed by atoms with Crippen LogP contribution in [0, 0.1) is 11.6 Å². The van der Waals surface area contributed by atoms with Crippen LogP contribution in [-0.2, 0) is 0 Å². The molecule has 5 heteroatoms. The summed E-state index contributed by atoms with van der Waals surface area (Å²) in [5.74, 6) is -2.25. The van der Waals surface area contributed by atoms with E-state index in [0.717, 1.165) is 6.07 Å². The molecule has 0 fully saturated rings. The Bertz CT molecular complexity index is 391. The molecule has 2 nitrogen and oxygen atoms in total. The summed E-state index contributed by atoms with van der Waals surface area (Å²) in [7, 11) is 0. The summed E-state index contributed by atoms with van der Waals surface area (Å²) in [5.41, 5.74) is -0.407. The molecule has 0 saturated carbocycles. The van der Waals surface area contributed by atoms with E-state index in [1.165, 1.54) is 0 Å². The highest BCUT2D eigenvalue weighted by molar-refractivity contribution is 9.10. The van der Waals surface area contributed by atoms with Gasteiger partial charge in [-0.3, -0.25) is 4.79 Å². The molecule has 82 valence electrons. The van der Waals surface area contributed by atoms with E-state index in [1.54, 1.807) is 13.8 Å². The van der Waals surface area contributed by atoms with E-state index >= 15 is 0 Å². The zero-order valence-corrected chi connectivity index (χ0v) is 9.77. The summed E-state index contributed by atoms with van der Waals surface area (Å²) in [5, 5.41) is 0. The third-order valence-corrected chi connectivity index (χ3v) is 2.22. The SMILES string of the molecule is CC(C)Oc1c(Br)cc(F)c(F)c1C=O. The number of ether oxygens (including phenoxy) is 1. The van der Waals surface area contributed by atoms with E-state index in [2.05, 4.69) is 15.9 Å². The minimum absolute atomic E-state index is 0.0268. The largest absolute Gasteiger partial charge is 0.489 e. The number of hydrogen-bond acceptors (Lipinski definition) is 2. The second-order valence-corrected chi connectivity index (χ2v) is 4.04. The molecule has 0 amide bonds. The van der Waals surface area contributed by atoms with Gasteiger partial charge in [-0.15, -0.1) is 0 Å². The van der Waals surface area contributed by atoms with Crippen LogP contribution in [0.15, 0.2) is 10.5 Å². The van der Waals surface area contributed by atoms with Crippen molar-refractivity contribution < 1.29 is 18.3 Å². The van der Waals surface area contributed by atoms with Crippen LogP contribution in [0.4, 0.5) is 8.78 Å². The Kier molecular flexibility index (Phi) is 3.79. The maximum atomic E-state index is 13.2. The van der Waals surface area contributed by atoms with E-state index in [1.807, 2.05) is 0 Å². The summed E-state index contributed by atoms with van der Waals surface area (Å²) in [4.78, 5) is 10.6. The van der Waals surface area contributed by atoms with Crippen molar-refractivity contribution in [2.75, 3.05) is 0 Å². The fraction of sp³-hybridized carbons (Fsp3) is 0.300. The van der Waals surface area contributed by atoms with Crippen molar-refractivity contribution in [1.82, 2.24) is 0 Å². The zero-order chi connectivity index (χ0) is 11.6. The van der Waals surface area contributed by atoms with Gasteiger partial charge in [0.25, 0.3) is 0 Å². The highest BCUT2D eigenvalue weighted by Gasteiger charge is 2.18. The van der Waals surface area contributed by atoms with Crippen LogP contribution in [0.1, 0.15) is 24.2 Å². The summed E-state index contributed by atoms with van der Waals surface area (Å²) in [6.45, 7) is 3.45. The quantitative estimate of drug-likeness (QED) is 0.626. The highest BCUT2D eigenvalue weighted by Crippen LogP contribution is 2.32. The van der Waals surface area contributed by atoms with Crippen molar-refractivity contribution in [1.29, 1.82) is 0 Å². The van der Waals surface area contributed by atoms with Crippen molar-refractivity contribution in [2.24, 2.45) is 0 Å². The van der Waals surface area contributed by atoms with E-state index in [4.69, 9.17) is 4.74 Å². The molecule has 0 N–H and O–H groups in total. The fourth-order valence-corrected chi connectivity index (χ4v) is 1.57. The molecule has 0 aliphatic rings. The van der Waals surface area contributed by atoms with Gasteiger partial charge < -0.3 is 4.74 Å². The first-order valence-electron chi connectivity index (χ1n) is 4.26. The van der Waals surface area contributed by atoms with Crippen molar-refractivity contribution in [2.45, 2.75) is 20.0 Å². The van der Waals surface area contributed by atoms with Crippen LogP contribution in [0.2, 0.25) is 0 Å². The van der Waals surface area contributed by atoms with Crippen LogP contribution >= 0.6 is 15.9 Å². The average Bonchev–Trinajstić information content (AvgIpc) is 2.14. The molecule has 0 heterocycles. The molecule has 0 bridgehead atoms. The van der Waals surface area contributed by atoms with Crippen molar-refractivity contribution >= 4 is 22.2 Å². The van der Waals surface area contributed by atoms with Crippen LogP contribution in [-0.4, -0.2) is 12.4 Å². The van der Waals surface area contributed by atoms with Gasteiger partial charge in [-0.05, 0) is 35.8 Å². The number of hydrogen-bond donors (Lipinski definition) is 0. The van der Waals surface area contributed by atoms with Crippen molar-refractivity contribution in [3.8, 4) is 5.75 Å². The zero-order valence-electron chi connectivity index (χ0n) is 8.18. The molecule has 0 aromatic heterocycles. The molecule has 1 rings (SSSR count). The average molecular weight is 279 g/mol. The first-order valence-corrected chi connectivity index (χ1v) is 5.06. The standard InChI is InChI=1S/C10H9BrF2O2/c1-5(2)15-10-6(4-14)9(13)8(12)3-7(10)11/h3-5H,1-2H3. The van der Waals surface area contributed by atoms with E-state index in [-0.39, 0.29) is 22.6 Å². The maximum Gasteiger partial charge on any atom is 0.173 e.